The topological polar surface area (TPSA) is 38.0 Å². The van der Waals surface area contributed by atoms with Crippen molar-refractivity contribution < 1.29 is 0 Å². The van der Waals surface area contributed by atoms with Gasteiger partial charge in [-0.05, 0) is 62.7 Å². The highest BCUT2D eigenvalue weighted by Crippen LogP contribution is 2.36. The molecule has 0 aromatic carbocycles. The number of nitrogens with one attached hydrogen (secondary N) is 1. The van der Waals surface area contributed by atoms with E-state index in [2.05, 4.69) is 25.3 Å². The van der Waals surface area contributed by atoms with Gasteiger partial charge in [-0.25, -0.2) is 0 Å². The van der Waals surface area contributed by atoms with Gasteiger partial charge in [-0.2, -0.15) is 0 Å². The molecule has 0 aliphatic heterocycles. The van der Waals surface area contributed by atoms with E-state index in [1.807, 2.05) is 0 Å². The number of hydrogen-bond acceptors (Lipinski definition) is 2. The largest absolute Gasteiger partial charge is 0.271 e. The SMILES string of the molecule is CC1CCC(C(CC2=CCCCC2)NN)CC1C. The fraction of sp³-hybridized carbons (Fsp3) is 0.875. The summed E-state index contributed by atoms with van der Waals surface area (Å²) < 4.78 is 0. The van der Waals surface area contributed by atoms with E-state index in [9.17, 15) is 0 Å². The van der Waals surface area contributed by atoms with Gasteiger partial charge in [0.1, 0.15) is 0 Å². The van der Waals surface area contributed by atoms with Crippen molar-refractivity contribution in [2.45, 2.75) is 71.3 Å². The molecule has 104 valence electrons. The van der Waals surface area contributed by atoms with Crippen molar-refractivity contribution in [3.05, 3.63) is 11.6 Å². The molecule has 2 heteroatoms. The van der Waals surface area contributed by atoms with E-state index in [4.69, 9.17) is 5.84 Å². The predicted octanol–water partition coefficient (Wildman–Crippen LogP) is 3.78. The van der Waals surface area contributed by atoms with Crippen molar-refractivity contribution in [3.8, 4) is 0 Å². The third-order valence-corrected chi connectivity index (χ3v) is 5.29. The van der Waals surface area contributed by atoms with Gasteiger partial charge in [-0.3, -0.25) is 11.3 Å². The summed E-state index contributed by atoms with van der Waals surface area (Å²) in [6.45, 7) is 4.81. The highest BCUT2D eigenvalue weighted by atomic mass is 15.2. The van der Waals surface area contributed by atoms with E-state index in [0.29, 0.717) is 6.04 Å². The molecule has 2 nitrogen and oxygen atoms in total. The molecular formula is C16H30N2. The van der Waals surface area contributed by atoms with Gasteiger partial charge in [0.2, 0.25) is 0 Å². The lowest BCUT2D eigenvalue weighted by atomic mass is 9.72. The van der Waals surface area contributed by atoms with Crippen LogP contribution in [0, 0.1) is 17.8 Å². The van der Waals surface area contributed by atoms with Gasteiger partial charge in [-0.1, -0.05) is 31.9 Å². The molecule has 0 bridgehead atoms. The zero-order valence-corrected chi connectivity index (χ0v) is 12.1. The molecule has 0 amide bonds. The molecule has 0 aromatic rings. The molecule has 2 aliphatic rings. The maximum absolute atomic E-state index is 5.82. The molecule has 4 unspecified atom stereocenters. The summed E-state index contributed by atoms with van der Waals surface area (Å²) in [6, 6.07) is 0.504. The molecule has 0 heterocycles. The molecule has 1 fully saturated rings. The van der Waals surface area contributed by atoms with Gasteiger partial charge in [0, 0.05) is 6.04 Å². The Morgan fingerprint density at radius 1 is 1.28 bits per heavy atom. The second-order valence-corrected chi connectivity index (χ2v) is 6.61. The lowest BCUT2D eigenvalue weighted by molar-refractivity contribution is 0.169. The summed E-state index contributed by atoms with van der Waals surface area (Å²) in [5.74, 6) is 8.36. The van der Waals surface area contributed by atoms with E-state index < -0.39 is 0 Å². The summed E-state index contributed by atoms with van der Waals surface area (Å²) in [4.78, 5) is 0. The Hall–Kier alpha value is -0.340. The van der Waals surface area contributed by atoms with Gasteiger partial charge in [-0.15, -0.1) is 0 Å². The van der Waals surface area contributed by atoms with Gasteiger partial charge in [0.05, 0.1) is 0 Å². The van der Waals surface area contributed by atoms with Crippen LogP contribution in [0.1, 0.15) is 65.2 Å². The lowest BCUT2D eigenvalue weighted by Gasteiger charge is -2.37. The molecule has 2 rings (SSSR count). The third kappa shape index (κ3) is 3.58. The molecule has 0 spiro atoms. The normalized spacial score (nSPS) is 35.1. The quantitative estimate of drug-likeness (QED) is 0.453. The summed E-state index contributed by atoms with van der Waals surface area (Å²) in [7, 11) is 0. The standard InChI is InChI=1S/C16H30N2/c1-12-8-9-15(10-13(12)2)16(18-17)11-14-6-4-3-5-7-14/h6,12-13,15-16,18H,3-5,7-11,17H2,1-2H3. The van der Waals surface area contributed by atoms with Crippen LogP contribution in [0.2, 0.25) is 0 Å². The minimum Gasteiger partial charge on any atom is -0.271 e. The molecule has 3 N–H and O–H groups in total. The Morgan fingerprint density at radius 2 is 2.11 bits per heavy atom. The fourth-order valence-corrected chi connectivity index (χ4v) is 3.69. The lowest BCUT2D eigenvalue weighted by Crippen LogP contribution is -2.43. The van der Waals surface area contributed by atoms with Crippen LogP contribution in [-0.4, -0.2) is 6.04 Å². The van der Waals surface area contributed by atoms with Crippen molar-refractivity contribution in [2.24, 2.45) is 23.6 Å². The number of hydrogen-bond donors (Lipinski definition) is 2. The summed E-state index contributed by atoms with van der Waals surface area (Å²) in [5.41, 5.74) is 4.76. The van der Waals surface area contributed by atoms with E-state index in [1.165, 1.54) is 51.4 Å². The van der Waals surface area contributed by atoms with Gasteiger partial charge in [0.25, 0.3) is 0 Å². The van der Waals surface area contributed by atoms with Crippen LogP contribution < -0.4 is 11.3 Å². The zero-order valence-electron chi connectivity index (χ0n) is 12.1. The van der Waals surface area contributed by atoms with E-state index in [1.54, 1.807) is 5.57 Å². The third-order valence-electron chi connectivity index (χ3n) is 5.29. The first-order valence-electron chi connectivity index (χ1n) is 7.84. The minimum absolute atomic E-state index is 0.504. The van der Waals surface area contributed by atoms with Crippen molar-refractivity contribution >= 4 is 0 Å². The summed E-state index contributed by atoms with van der Waals surface area (Å²) in [5, 5.41) is 0. The first kappa shape index (κ1) is 14.1. The molecule has 1 saturated carbocycles. The molecule has 0 aromatic heterocycles. The fourth-order valence-electron chi connectivity index (χ4n) is 3.69. The Morgan fingerprint density at radius 3 is 2.72 bits per heavy atom. The monoisotopic (exact) mass is 250 g/mol. The smallest absolute Gasteiger partial charge is 0.0275 e. The Bertz CT molecular complexity index is 285. The molecule has 18 heavy (non-hydrogen) atoms. The number of allylic oxidation sites excluding steroid dienone is 1. The van der Waals surface area contributed by atoms with Crippen LogP contribution in [0.15, 0.2) is 11.6 Å². The number of nitrogens with two attached hydrogens (primary N) is 1. The van der Waals surface area contributed by atoms with Crippen LogP contribution >= 0.6 is 0 Å². The van der Waals surface area contributed by atoms with Gasteiger partial charge >= 0.3 is 0 Å². The summed E-state index contributed by atoms with van der Waals surface area (Å²) >= 11 is 0. The Labute approximate surface area is 112 Å². The highest BCUT2D eigenvalue weighted by molar-refractivity contribution is 5.07. The van der Waals surface area contributed by atoms with E-state index >= 15 is 0 Å². The molecule has 0 saturated heterocycles. The second kappa shape index (κ2) is 6.72. The van der Waals surface area contributed by atoms with E-state index in [-0.39, 0.29) is 0 Å². The minimum atomic E-state index is 0.504. The molecular weight excluding hydrogens is 220 g/mol. The molecule has 0 radical (unpaired) electrons. The first-order valence-corrected chi connectivity index (χ1v) is 7.84. The van der Waals surface area contributed by atoms with Gasteiger partial charge < -0.3 is 0 Å². The van der Waals surface area contributed by atoms with E-state index in [0.717, 1.165) is 17.8 Å². The maximum Gasteiger partial charge on any atom is 0.0275 e. The molecule has 4 atom stereocenters. The average Bonchev–Trinajstić information content (AvgIpc) is 2.40. The Kier molecular flexibility index (Phi) is 5.25. The predicted molar refractivity (Wildman–Crippen MR) is 77.9 cm³/mol. The second-order valence-electron chi connectivity index (χ2n) is 6.61. The highest BCUT2D eigenvalue weighted by Gasteiger charge is 2.30. The van der Waals surface area contributed by atoms with Crippen molar-refractivity contribution in [3.63, 3.8) is 0 Å². The summed E-state index contributed by atoms with van der Waals surface area (Å²) in [6.07, 6.45) is 13.1. The van der Waals surface area contributed by atoms with Crippen LogP contribution in [-0.2, 0) is 0 Å². The number of rotatable bonds is 4. The van der Waals surface area contributed by atoms with Crippen LogP contribution in [0.4, 0.5) is 0 Å². The molecule has 2 aliphatic carbocycles. The van der Waals surface area contributed by atoms with Crippen LogP contribution in [0.5, 0.6) is 0 Å². The first-order chi connectivity index (χ1) is 8.70. The van der Waals surface area contributed by atoms with Crippen molar-refractivity contribution in [1.29, 1.82) is 0 Å². The average molecular weight is 250 g/mol. The van der Waals surface area contributed by atoms with Crippen LogP contribution in [0.25, 0.3) is 0 Å². The Balaban J connectivity index is 1.89. The van der Waals surface area contributed by atoms with Crippen molar-refractivity contribution in [2.75, 3.05) is 0 Å². The number of hydrazine groups is 1. The van der Waals surface area contributed by atoms with Crippen LogP contribution in [0.3, 0.4) is 0 Å². The maximum atomic E-state index is 5.82. The van der Waals surface area contributed by atoms with Crippen molar-refractivity contribution in [1.82, 2.24) is 5.43 Å². The zero-order chi connectivity index (χ0) is 13.0. The van der Waals surface area contributed by atoms with Gasteiger partial charge in [0.15, 0.2) is 0 Å².